The van der Waals surface area contributed by atoms with Crippen LogP contribution in [-0.2, 0) is 0 Å². The summed E-state index contributed by atoms with van der Waals surface area (Å²) in [5.74, 6) is 0. The molecule has 0 fully saturated rings. The summed E-state index contributed by atoms with van der Waals surface area (Å²) in [5, 5.41) is 2.06. The standard InChI is InChI=1S/C12H12BrNS/c1-8-7-9(13)4-5-10(8)12(14)11-3-2-6-15-11/h2-7,12H,14H2,1H3. The highest BCUT2D eigenvalue weighted by Gasteiger charge is 2.11. The van der Waals surface area contributed by atoms with Gasteiger partial charge >= 0.3 is 0 Å². The Labute approximate surface area is 102 Å². The summed E-state index contributed by atoms with van der Waals surface area (Å²) in [5.41, 5.74) is 8.63. The fraction of sp³-hybridized carbons (Fsp3) is 0.167. The van der Waals surface area contributed by atoms with Crippen LogP contribution >= 0.6 is 27.3 Å². The van der Waals surface area contributed by atoms with Gasteiger partial charge in [-0.1, -0.05) is 28.1 Å². The van der Waals surface area contributed by atoms with Gasteiger partial charge in [0.25, 0.3) is 0 Å². The quantitative estimate of drug-likeness (QED) is 0.889. The Kier molecular flexibility index (Phi) is 3.24. The molecule has 0 aliphatic heterocycles. The van der Waals surface area contributed by atoms with Crippen molar-refractivity contribution in [3.63, 3.8) is 0 Å². The minimum atomic E-state index is -0.00176. The van der Waals surface area contributed by atoms with E-state index in [0.717, 1.165) is 4.47 Å². The molecule has 1 heterocycles. The first-order valence-electron chi connectivity index (χ1n) is 4.73. The van der Waals surface area contributed by atoms with Crippen molar-refractivity contribution in [2.75, 3.05) is 0 Å². The maximum Gasteiger partial charge on any atom is 0.0648 e. The van der Waals surface area contributed by atoms with Gasteiger partial charge in [-0.25, -0.2) is 0 Å². The Morgan fingerprint density at radius 2 is 2.13 bits per heavy atom. The lowest BCUT2D eigenvalue weighted by Gasteiger charge is -2.13. The Hall–Kier alpha value is -0.640. The Bertz CT molecular complexity index is 451. The third kappa shape index (κ3) is 2.30. The monoisotopic (exact) mass is 281 g/mol. The van der Waals surface area contributed by atoms with Gasteiger partial charge in [0.2, 0.25) is 0 Å². The lowest BCUT2D eigenvalue weighted by molar-refractivity contribution is 0.882. The minimum Gasteiger partial charge on any atom is -0.320 e. The first-order valence-corrected chi connectivity index (χ1v) is 6.41. The Balaban J connectivity index is 2.38. The molecule has 0 aliphatic carbocycles. The molecular formula is C12H12BrNS. The highest BCUT2D eigenvalue weighted by Crippen LogP contribution is 2.27. The molecule has 0 amide bonds. The van der Waals surface area contributed by atoms with E-state index >= 15 is 0 Å². The van der Waals surface area contributed by atoms with Crippen LogP contribution in [0.25, 0.3) is 0 Å². The number of halogens is 1. The number of hydrogen-bond donors (Lipinski definition) is 1. The molecule has 1 atom stereocenters. The van der Waals surface area contributed by atoms with E-state index in [0.29, 0.717) is 0 Å². The van der Waals surface area contributed by atoms with Crippen LogP contribution in [0.4, 0.5) is 0 Å². The SMILES string of the molecule is Cc1cc(Br)ccc1C(N)c1cccs1. The van der Waals surface area contributed by atoms with Crippen LogP contribution in [0.3, 0.4) is 0 Å². The molecular weight excluding hydrogens is 270 g/mol. The van der Waals surface area contributed by atoms with E-state index in [1.165, 1.54) is 16.0 Å². The topological polar surface area (TPSA) is 26.0 Å². The van der Waals surface area contributed by atoms with Gasteiger partial charge in [-0.3, -0.25) is 0 Å². The number of thiophene rings is 1. The molecule has 2 aromatic rings. The van der Waals surface area contributed by atoms with Gasteiger partial charge in [0.1, 0.15) is 0 Å². The maximum atomic E-state index is 6.21. The molecule has 0 radical (unpaired) electrons. The second-order valence-electron chi connectivity index (χ2n) is 3.49. The van der Waals surface area contributed by atoms with Crippen molar-refractivity contribution >= 4 is 27.3 Å². The summed E-state index contributed by atoms with van der Waals surface area (Å²) in [6.07, 6.45) is 0. The Morgan fingerprint density at radius 3 is 2.73 bits per heavy atom. The smallest absolute Gasteiger partial charge is 0.0648 e. The zero-order chi connectivity index (χ0) is 10.8. The molecule has 0 bridgehead atoms. The van der Waals surface area contributed by atoms with Crippen molar-refractivity contribution in [1.82, 2.24) is 0 Å². The molecule has 2 N–H and O–H groups in total. The van der Waals surface area contributed by atoms with Crippen LogP contribution in [0.15, 0.2) is 40.2 Å². The van der Waals surface area contributed by atoms with Crippen molar-refractivity contribution in [3.05, 3.63) is 56.2 Å². The molecule has 78 valence electrons. The third-order valence-electron chi connectivity index (χ3n) is 2.42. The average molecular weight is 282 g/mol. The van der Waals surface area contributed by atoms with E-state index in [1.807, 2.05) is 12.1 Å². The fourth-order valence-corrected chi connectivity index (χ4v) is 2.83. The number of benzene rings is 1. The molecule has 1 unspecified atom stereocenters. The van der Waals surface area contributed by atoms with Crippen LogP contribution in [0.1, 0.15) is 22.0 Å². The maximum absolute atomic E-state index is 6.21. The fourth-order valence-electron chi connectivity index (χ4n) is 1.61. The van der Waals surface area contributed by atoms with E-state index in [1.54, 1.807) is 11.3 Å². The zero-order valence-electron chi connectivity index (χ0n) is 8.41. The molecule has 2 rings (SSSR count). The molecule has 15 heavy (non-hydrogen) atoms. The van der Waals surface area contributed by atoms with Gasteiger partial charge in [-0.05, 0) is 41.6 Å². The van der Waals surface area contributed by atoms with Crippen LogP contribution < -0.4 is 5.73 Å². The molecule has 1 nitrogen and oxygen atoms in total. The van der Waals surface area contributed by atoms with Crippen LogP contribution in [0.5, 0.6) is 0 Å². The third-order valence-corrected chi connectivity index (χ3v) is 3.87. The summed E-state index contributed by atoms with van der Waals surface area (Å²) in [7, 11) is 0. The highest BCUT2D eigenvalue weighted by molar-refractivity contribution is 9.10. The molecule has 0 saturated heterocycles. The normalized spacial score (nSPS) is 12.7. The van der Waals surface area contributed by atoms with Crippen molar-refractivity contribution in [3.8, 4) is 0 Å². The lowest BCUT2D eigenvalue weighted by atomic mass is 10.0. The first-order chi connectivity index (χ1) is 7.18. The van der Waals surface area contributed by atoms with E-state index in [9.17, 15) is 0 Å². The van der Waals surface area contributed by atoms with Gasteiger partial charge in [0, 0.05) is 9.35 Å². The Morgan fingerprint density at radius 1 is 1.33 bits per heavy atom. The van der Waals surface area contributed by atoms with E-state index in [4.69, 9.17) is 5.73 Å². The number of nitrogens with two attached hydrogens (primary N) is 1. The summed E-state index contributed by atoms with van der Waals surface area (Å²) in [4.78, 5) is 1.21. The van der Waals surface area contributed by atoms with Crippen molar-refractivity contribution in [1.29, 1.82) is 0 Å². The van der Waals surface area contributed by atoms with Crippen LogP contribution in [0.2, 0.25) is 0 Å². The van der Waals surface area contributed by atoms with E-state index < -0.39 is 0 Å². The molecule has 1 aromatic carbocycles. The lowest BCUT2D eigenvalue weighted by Crippen LogP contribution is -2.11. The van der Waals surface area contributed by atoms with Crippen molar-refractivity contribution in [2.45, 2.75) is 13.0 Å². The van der Waals surface area contributed by atoms with Gasteiger partial charge < -0.3 is 5.73 Å². The van der Waals surface area contributed by atoms with Crippen molar-refractivity contribution in [2.24, 2.45) is 5.73 Å². The molecule has 0 spiro atoms. The van der Waals surface area contributed by atoms with Gasteiger partial charge in [0.15, 0.2) is 0 Å². The second kappa shape index (κ2) is 4.47. The summed E-state index contributed by atoms with van der Waals surface area (Å²) in [6.45, 7) is 2.09. The second-order valence-corrected chi connectivity index (χ2v) is 5.39. The predicted octanol–water partition coefficient (Wildman–Crippen LogP) is 3.87. The zero-order valence-corrected chi connectivity index (χ0v) is 10.8. The molecule has 3 heteroatoms. The highest BCUT2D eigenvalue weighted by atomic mass is 79.9. The number of hydrogen-bond acceptors (Lipinski definition) is 2. The van der Waals surface area contributed by atoms with Gasteiger partial charge in [-0.2, -0.15) is 0 Å². The van der Waals surface area contributed by atoms with Gasteiger partial charge in [-0.15, -0.1) is 11.3 Å². The predicted molar refractivity (Wildman–Crippen MR) is 69.2 cm³/mol. The first kappa shape index (κ1) is 10.9. The van der Waals surface area contributed by atoms with Crippen molar-refractivity contribution < 1.29 is 0 Å². The molecule has 0 aliphatic rings. The number of aryl methyl sites for hydroxylation is 1. The summed E-state index contributed by atoms with van der Waals surface area (Å²) >= 11 is 5.16. The average Bonchev–Trinajstić information content (AvgIpc) is 2.69. The molecule has 1 aromatic heterocycles. The largest absolute Gasteiger partial charge is 0.320 e. The van der Waals surface area contributed by atoms with Gasteiger partial charge in [0.05, 0.1) is 6.04 Å². The van der Waals surface area contributed by atoms with Crippen LogP contribution in [0, 0.1) is 6.92 Å². The summed E-state index contributed by atoms with van der Waals surface area (Å²) in [6, 6.07) is 10.3. The summed E-state index contributed by atoms with van der Waals surface area (Å²) < 4.78 is 1.10. The van der Waals surface area contributed by atoms with E-state index in [2.05, 4.69) is 46.4 Å². The van der Waals surface area contributed by atoms with E-state index in [-0.39, 0.29) is 6.04 Å². The minimum absolute atomic E-state index is 0.00176. The number of rotatable bonds is 2. The van der Waals surface area contributed by atoms with Crippen LogP contribution in [-0.4, -0.2) is 0 Å². The molecule has 0 saturated carbocycles.